The van der Waals surface area contributed by atoms with Gasteiger partial charge < -0.3 is 10.1 Å². The Morgan fingerprint density at radius 1 is 1.22 bits per heavy atom. The Bertz CT molecular complexity index is 362. The lowest BCUT2D eigenvalue weighted by atomic mass is 10.1. The molecule has 0 aliphatic carbocycles. The van der Waals surface area contributed by atoms with Gasteiger partial charge >= 0.3 is 0 Å². The molecule has 0 saturated heterocycles. The summed E-state index contributed by atoms with van der Waals surface area (Å²) in [5.41, 5.74) is 2.35. The number of nitrogens with one attached hydrogen (secondary N) is 1. The fourth-order valence-corrected chi connectivity index (χ4v) is 1.71. The number of hydrogen-bond donors (Lipinski definition) is 1. The number of ether oxygens (including phenoxy) is 1. The predicted octanol–water partition coefficient (Wildman–Crippen LogP) is 3.35. The largest absolute Gasteiger partial charge is 0.478 e. The van der Waals surface area contributed by atoms with Crippen LogP contribution < -0.4 is 10.1 Å². The smallest absolute Gasteiger partial charge is 0.213 e. The predicted molar refractivity (Wildman–Crippen MR) is 76.0 cm³/mol. The van der Waals surface area contributed by atoms with Crippen molar-refractivity contribution < 1.29 is 4.74 Å². The molecule has 1 heterocycles. The first-order valence-electron chi connectivity index (χ1n) is 6.87. The van der Waals surface area contributed by atoms with Crippen LogP contribution in [0.2, 0.25) is 0 Å². The second-order valence-electron chi connectivity index (χ2n) is 5.35. The average Bonchev–Trinajstić information content (AvgIpc) is 2.28. The fourth-order valence-electron chi connectivity index (χ4n) is 1.71. The summed E-state index contributed by atoms with van der Waals surface area (Å²) in [5.74, 6) is 1.84. The zero-order valence-electron chi connectivity index (χ0n) is 12.3. The normalized spacial score (nSPS) is 11.3. The number of rotatable bonds is 7. The Morgan fingerprint density at radius 2 is 1.94 bits per heavy atom. The van der Waals surface area contributed by atoms with Gasteiger partial charge in [0.15, 0.2) is 0 Å². The number of pyridine rings is 1. The van der Waals surface area contributed by atoms with Crippen molar-refractivity contribution in [2.24, 2.45) is 5.92 Å². The van der Waals surface area contributed by atoms with E-state index in [0.717, 1.165) is 24.7 Å². The van der Waals surface area contributed by atoms with Crippen molar-refractivity contribution in [3.63, 3.8) is 0 Å². The van der Waals surface area contributed by atoms with E-state index in [-0.39, 0.29) is 0 Å². The molecule has 0 fully saturated rings. The Kier molecular flexibility index (Phi) is 6.13. The van der Waals surface area contributed by atoms with Gasteiger partial charge in [-0.15, -0.1) is 0 Å². The number of nitrogens with zero attached hydrogens (tertiary/aromatic N) is 1. The maximum Gasteiger partial charge on any atom is 0.213 e. The molecule has 3 heteroatoms. The molecular weight excluding hydrogens is 224 g/mol. The molecule has 0 aromatic carbocycles. The van der Waals surface area contributed by atoms with Crippen LogP contribution in [0, 0.1) is 5.92 Å². The molecule has 1 aromatic heterocycles. The van der Waals surface area contributed by atoms with E-state index in [1.54, 1.807) is 0 Å². The highest BCUT2D eigenvalue weighted by atomic mass is 16.5. The molecule has 0 atom stereocenters. The van der Waals surface area contributed by atoms with Crippen molar-refractivity contribution in [1.82, 2.24) is 10.3 Å². The summed E-state index contributed by atoms with van der Waals surface area (Å²) < 4.78 is 5.53. The molecule has 1 rings (SSSR count). The van der Waals surface area contributed by atoms with Gasteiger partial charge in [0.1, 0.15) is 0 Å². The van der Waals surface area contributed by atoms with Gasteiger partial charge in [0.05, 0.1) is 6.61 Å². The Labute approximate surface area is 111 Å². The lowest BCUT2D eigenvalue weighted by molar-refractivity contribution is 0.325. The molecule has 0 spiro atoms. The molecule has 18 heavy (non-hydrogen) atoms. The zero-order chi connectivity index (χ0) is 13.5. The van der Waals surface area contributed by atoms with Crippen LogP contribution in [0.25, 0.3) is 0 Å². The van der Waals surface area contributed by atoms with E-state index in [4.69, 9.17) is 4.74 Å². The summed E-state index contributed by atoms with van der Waals surface area (Å²) >= 11 is 0. The minimum atomic E-state index is 0.425. The van der Waals surface area contributed by atoms with Gasteiger partial charge in [0.25, 0.3) is 0 Å². The summed E-state index contributed by atoms with van der Waals surface area (Å²) in [6.07, 6.45) is 0. The van der Waals surface area contributed by atoms with Crippen molar-refractivity contribution in [1.29, 1.82) is 0 Å². The summed E-state index contributed by atoms with van der Waals surface area (Å²) in [4.78, 5) is 4.52. The summed E-state index contributed by atoms with van der Waals surface area (Å²) in [6.45, 7) is 13.3. The van der Waals surface area contributed by atoms with Crippen LogP contribution in [-0.4, -0.2) is 18.1 Å². The van der Waals surface area contributed by atoms with Gasteiger partial charge in [-0.05, 0) is 36.9 Å². The van der Waals surface area contributed by atoms with Gasteiger partial charge in [-0.25, -0.2) is 4.98 Å². The molecule has 0 aliphatic heterocycles. The van der Waals surface area contributed by atoms with E-state index in [1.807, 2.05) is 13.0 Å². The summed E-state index contributed by atoms with van der Waals surface area (Å²) in [5, 5.41) is 3.45. The monoisotopic (exact) mass is 250 g/mol. The Morgan fingerprint density at radius 3 is 2.50 bits per heavy atom. The molecule has 1 N–H and O–H groups in total. The Hall–Kier alpha value is -1.09. The minimum absolute atomic E-state index is 0.425. The summed E-state index contributed by atoms with van der Waals surface area (Å²) in [7, 11) is 0. The molecule has 102 valence electrons. The van der Waals surface area contributed by atoms with Gasteiger partial charge in [0.2, 0.25) is 5.88 Å². The van der Waals surface area contributed by atoms with Crippen molar-refractivity contribution in [2.45, 2.75) is 47.1 Å². The third-order valence-electron chi connectivity index (χ3n) is 2.65. The number of aromatic nitrogens is 1. The zero-order valence-corrected chi connectivity index (χ0v) is 12.3. The topological polar surface area (TPSA) is 34.1 Å². The van der Waals surface area contributed by atoms with E-state index >= 15 is 0 Å². The molecule has 0 saturated carbocycles. The molecule has 0 radical (unpaired) electrons. The first-order valence-corrected chi connectivity index (χ1v) is 6.87. The third kappa shape index (κ3) is 5.05. The fraction of sp³-hybridized carbons (Fsp3) is 0.667. The molecule has 3 nitrogen and oxygen atoms in total. The van der Waals surface area contributed by atoms with Crippen LogP contribution in [0.15, 0.2) is 12.1 Å². The van der Waals surface area contributed by atoms with Crippen molar-refractivity contribution in [3.8, 4) is 5.88 Å². The van der Waals surface area contributed by atoms with Crippen LogP contribution >= 0.6 is 0 Å². The molecule has 1 aromatic rings. The molecule has 0 amide bonds. The van der Waals surface area contributed by atoms with Crippen molar-refractivity contribution >= 4 is 0 Å². The van der Waals surface area contributed by atoms with E-state index in [0.29, 0.717) is 18.4 Å². The number of hydrogen-bond acceptors (Lipinski definition) is 3. The van der Waals surface area contributed by atoms with Crippen LogP contribution in [0.1, 0.15) is 51.8 Å². The van der Waals surface area contributed by atoms with Crippen LogP contribution in [0.4, 0.5) is 0 Å². The summed E-state index contributed by atoms with van der Waals surface area (Å²) in [6, 6.07) is 4.20. The van der Waals surface area contributed by atoms with E-state index < -0.39 is 0 Å². The second-order valence-corrected chi connectivity index (χ2v) is 5.35. The van der Waals surface area contributed by atoms with E-state index in [9.17, 15) is 0 Å². The van der Waals surface area contributed by atoms with Crippen LogP contribution in [0.5, 0.6) is 5.88 Å². The van der Waals surface area contributed by atoms with Crippen molar-refractivity contribution in [3.05, 3.63) is 23.4 Å². The van der Waals surface area contributed by atoms with Crippen LogP contribution in [-0.2, 0) is 6.54 Å². The van der Waals surface area contributed by atoms with Gasteiger partial charge in [-0.2, -0.15) is 0 Å². The maximum atomic E-state index is 5.53. The third-order valence-corrected chi connectivity index (χ3v) is 2.65. The molecular formula is C15H26N2O. The highest BCUT2D eigenvalue weighted by Gasteiger charge is 2.07. The molecule has 0 aliphatic rings. The standard InChI is InChI=1S/C15H26N2O/c1-6-18-15-8-13(10-16-9-11(2)3)7-14(17-15)12(4)5/h7-8,11-12,16H,6,9-10H2,1-5H3. The average molecular weight is 250 g/mol. The van der Waals surface area contributed by atoms with Gasteiger partial charge in [0, 0.05) is 18.3 Å². The molecule has 0 bridgehead atoms. The highest BCUT2D eigenvalue weighted by Crippen LogP contribution is 2.19. The van der Waals surface area contributed by atoms with E-state index in [1.165, 1.54) is 5.56 Å². The van der Waals surface area contributed by atoms with E-state index in [2.05, 4.69) is 44.1 Å². The van der Waals surface area contributed by atoms with Gasteiger partial charge in [-0.3, -0.25) is 0 Å². The molecule has 0 unspecified atom stereocenters. The SMILES string of the molecule is CCOc1cc(CNCC(C)C)cc(C(C)C)n1. The van der Waals surface area contributed by atoms with Gasteiger partial charge in [-0.1, -0.05) is 27.7 Å². The minimum Gasteiger partial charge on any atom is -0.478 e. The lowest BCUT2D eigenvalue weighted by Crippen LogP contribution is -2.19. The Balaban J connectivity index is 2.75. The quantitative estimate of drug-likeness (QED) is 0.806. The van der Waals surface area contributed by atoms with Crippen molar-refractivity contribution in [2.75, 3.05) is 13.2 Å². The lowest BCUT2D eigenvalue weighted by Gasteiger charge is -2.12. The first-order chi connectivity index (χ1) is 8.52. The maximum absolute atomic E-state index is 5.53. The highest BCUT2D eigenvalue weighted by molar-refractivity contribution is 5.26. The first kappa shape index (κ1) is 15.0. The van der Waals surface area contributed by atoms with Crippen LogP contribution in [0.3, 0.4) is 0 Å². The second kappa shape index (κ2) is 7.37.